The average molecular weight is 350 g/mol. The van der Waals surface area contributed by atoms with Crippen LogP contribution in [0.1, 0.15) is 22.8 Å². The molecule has 0 atom stereocenters. The minimum Gasteiger partial charge on any atom is -0.290 e. The van der Waals surface area contributed by atoms with Crippen molar-refractivity contribution < 1.29 is 4.79 Å². The number of hydrogen-bond acceptors (Lipinski definition) is 9. The van der Waals surface area contributed by atoms with Gasteiger partial charge >= 0.3 is 0 Å². The lowest BCUT2D eigenvalue weighted by molar-refractivity contribution is -0.110. The third kappa shape index (κ3) is 3.03. The van der Waals surface area contributed by atoms with Crippen molar-refractivity contribution in [3.8, 4) is 0 Å². The van der Waals surface area contributed by atoms with Gasteiger partial charge < -0.3 is 0 Å². The van der Waals surface area contributed by atoms with Crippen LogP contribution < -0.4 is 0 Å². The van der Waals surface area contributed by atoms with Gasteiger partial charge in [-0.05, 0) is 12.2 Å². The van der Waals surface area contributed by atoms with Crippen LogP contribution in [0.2, 0.25) is 0 Å². The summed E-state index contributed by atoms with van der Waals surface area (Å²) in [4.78, 5) is 12.7. The van der Waals surface area contributed by atoms with Gasteiger partial charge in [0.1, 0.15) is 22.8 Å². The van der Waals surface area contributed by atoms with Gasteiger partial charge in [0.05, 0.1) is 24.8 Å². The number of aromatic amines is 4. The number of aromatic nitrogens is 12. The highest BCUT2D eigenvalue weighted by atomic mass is 16.1. The molecule has 13 nitrogen and oxygen atoms in total. The zero-order valence-electron chi connectivity index (χ0n) is 13.0. The molecule has 26 heavy (non-hydrogen) atoms. The molecule has 0 fully saturated rings. The van der Waals surface area contributed by atoms with E-state index in [2.05, 4.69) is 61.6 Å². The Kier molecular flexibility index (Phi) is 3.92. The van der Waals surface area contributed by atoms with Crippen LogP contribution in [0.15, 0.2) is 36.9 Å². The van der Waals surface area contributed by atoms with Gasteiger partial charge in [-0.1, -0.05) is 20.9 Å². The molecular formula is C13H10N12O. The van der Waals surface area contributed by atoms with E-state index in [-0.39, 0.29) is 5.78 Å². The first-order valence-corrected chi connectivity index (χ1v) is 7.26. The third-order valence-electron chi connectivity index (χ3n) is 3.34. The fourth-order valence-corrected chi connectivity index (χ4v) is 2.22. The fourth-order valence-electron chi connectivity index (χ4n) is 2.22. The zero-order chi connectivity index (χ0) is 17.8. The topological polar surface area (TPSA) is 183 Å². The molecule has 4 aromatic heterocycles. The Hall–Kier alpha value is -4.29. The van der Waals surface area contributed by atoms with Gasteiger partial charge in [-0.15, -0.1) is 20.4 Å². The number of hydrogen-bond donors (Lipinski definition) is 4. The smallest absolute Gasteiger partial charge is 0.180 e. The molecule has 4 aromatic rings. The van der Waals surface area contributed by atoms with Crippen molar-refractivity contribution in [2.24, 2.45) is 0 Å². The lowest BCUT2D eigenvalue weighted by Crippen LogP contribution is -1.98. The molecule has 0 aromatic carbocycles. The van der Waals surface area contributed by atoms with Crippen molar-refractivity contribution >= 4 is 16.9 Å². The second-order valence-corrected chi connectivity index (χ2v) is 4.95. The van der Waals surface area contributed by atoms with Gasteiger partial charge in [0, 0.05) is 11.1 Å². The van der Waals surface area contributed by atoms with Gasteiger partial charge in [-0.3, -0.25) is 25.2 Å². The van der Waals surface area contributed by atoms with Gasteiger partial charge in [-0.25, -0.2) is 0 Å². The maximum absolute atomic E-state index is 12.7. The van der Waals surface area contributed by atoms with Gasteiger partial charge in [-0.2, -0.15) is 0 Å². The molecule has 0 amide bonds. The summed E-state index contributed by atoms with van der Waals surface area (Å²) >= 11 is 0. The highest BCUT2D eigenvalue weighted by Crippen LogP contribution is 2.21. The number of nitrogens with one attached hydrogen (secondary N) is 4. The largest absolute Gasteiger partial charge is 0.290 e. The molecule has 13 heteroatoms. The molecule has 4 rings (SSSR count). The Bertz CT molecular complexity index is 868. The minimum atomic E-state index is -0.341. The number of allylic oxidation sites excluding steroid dienone is 2. The summed E-state index contributed by atoms with van der Waals surface area (Å²) in [5.74, 6) is -0.341. The molecule has 128 valence electrons. The summed E-state index contributed by atoms with van der Waals surface area (Å²) in [5.41, 5.74) is 2.70. The molecule has 0 saturated heterocycles. The van der Waals surface area contributed by atoms with Crippen LogP contribution >= 0.6 is 0 Å². The Balaban J connectivity index is 1.75. The molecule has 0 unspecified atom stereocenters. The fraction of sp³-hybridized carbons (Fsp3) is 0. The van der Waals surface area contributed by atoms with E-state index >= 15 is 0 Å². The summed E-state index contributed by atoms with van der Waals surface area (Å²) in [6.45, 7) is 0. The minimum absolute atomic E-state index is 0.341. The first kappa shape index (κ1) is 15.3. The van der Waals surface area contributed by atoms with Gasteiger partial charge in [0.15, 0.2) is 5.78 Å². The zero-order valence-corrected chi connectivity index (χ0v) is 13.0. The number of carbonyl (C=O) groups is 1. The summed E-state index contributed by atoms with van der Waals surface area (Å²) in [5, 5.41) is 40.7. The van der Waals surface area contributed by atoms with Crippen LogP contribution in [0.25, 0.3) is 11.1 Å². The second-order valence-electron chi connectivity index (χ2n) is 4.95. The SMILES string of the molecule is O=C(C=C(c1c[nH]nn1)c1c[nH]nn1)C=C(c1c[nH]nn1)c1c[nH]nn1. The van der Waals surface area contributed by atoms with E-state index in [0.717, 1.165) is 0 Å². The Morgan fingerprint density at radius 1 is 0.615 bits per heavy atom. The van der Waals surface area contributed by atoms with Crippen LogP contribution in [0, 0.1) is 0 Å². The van der Waals surface area contributed by atoms with Crippen molar-refractivity contribution in [3.63, 3.8) is 0 Å². The summed E-state index contributed by atoms with van der Waals surface area (Å²) in [6, 6.07) is 0. The highest BCUT2D eigenvalue weighted by Gasteiger charge is 2.15. The number of nitrogens with zero attached hydrogens (tertiary/aromatic N) is 8. The third-order valence-corrected chi connectivity index (χ3v) is 3.34. The Morgan fingerprint density at radius 2 is 0.923 bits per heavy atom. The number of ketones is 1. The summed E-state index contributed by atoms with van der Waals surface area (Å²) in [6.07, 6.45) is 8.94. The quantitative estimate of drug-likeness (QED) is 0.326. The van der Waals surface area contributed by atoms with E-state index in [0.29, 0.717) is 33.9 Å². The van der Waals surface area contributed by atoms with Crippen molar-refractivity contribution in [3.05, 3.63) is 59.7 Å². The van der Waals surface area contributed by atoms with Crippen LogP contribution in [-0.2, 0) is 4.79 Å². The lowest BCUT2D eigenvalue weighted by atomic mass is 10.0. The predicted octanol–water partition coefficient (Wildman–Crippen LogP) is -0.708. The van der Waals surface area contributed by atoms with E-state index in [1.54, 1.807) is 24.8 Å². The molecule has 0 aliphatic heterocycles. The van der Waals surface area contributed by atoms with Crippen molar-refractivity contribution in [1.29, 1.82) is 0 Å². The van der Waals surface area contributed by atoms with E-state index in [9.17, 15) is 4.79 Å². The monoisotopic (exact) mass is 350 g/mol. The molecule has 4 N–H and O–H groups in total. The average Bonchev–Trinajstić information content (AvgIpc) is 3.44. The Morgan fingerprint density at radius 3 is 1.15 bits per heavy atom. The first-order chi connectivity index (χ1) is 12.8. The molecule has 0 bridgehead atoms. The second kappa shape index (κ2) is 6.68. The molecule has 0 aliphatic rings. The maximum Gasteiger partial charge on any atom is 0.180 e. The highest BCUT2D eigenvalue weighted by molar-refractivity contribution is 6.10. The molecule has 0 spiro atoms. The number of carbonyl (C=O) groups excluding carboxylic acids is 1. The lowest BCUT2D eigenvalue weighted by Gasteiger charge is -2.00. The molecule has 4 heterocycles. The number of H-pyrrole nitrogens is 4. The Labute approximate surface area is 144 Å². The van der Waals surface area contributed by atoms with Crippen molar-refractivity contribution in [2.75, 3.05) is 0 Å². The summed E-state index contributed by atoms with van der Waals surface area (Å²) in [7, 11) is 0. The number of rotatable bonds is 6. The molecular weight excluding hydrogens is 340 g/mol. The van der Waals surface area contributed by atoms with E-state index < -0.39 is 0 Å². The normalized spacial score (nSPS) is 10.5. The summed E-state index contributed by atoms with van der Waals surface area (Å²) < 4.78 is 0. The predicted molar refractivity (Wildman–Crippen MR) is 84.7 cm³/mol. The van der Waals surface area contributed by atoms with Crippen LogP contribution in [0.4, 0.5) is 0 Å². The van der Waals surface area contributed by atoms with Gasteiger partial charge in [0.25, 0.3) is 0 Å². The van der Waals surface area contributed by atoms with E-state index in [1.807, 2.05) is 0 Å². The van der Waals surface area contributed by atoms with Crippen molar-refractivity contribution in [2.45, 2.75) is 0 Å². The van der Waals surface area contributed by atoms with E-state index in [1.165, 1.54) is 12.2 Å². The molecule has 0 aliphatic carbocycles. The first-order valence-electron chi connectivity index (χ1n) is 7.26. The maximum atomic E-state index is 12.7. The molecule has 0 saturated carbocycles. The molecule has 0 radical (unpaired) electrons. The van der Waals surface area contributed by atoms with Crippen LogP contribution in [-0.4, -0.2) is 67.4 Å². The van der Waals surface area contributed by atoms with Crippen LogP contribution in [0.5, 0.6) is 0 Å². The van der Waals surface area contributed by atoms with E-state index in [4.69, 9.17) is 0 Å². The van der Waals surface area contributed by atoms with Crippen molar-refractivity contribution in [1.82, 2.24) is 61.6 Å². The van der Waals surface area contributed by atoms with Gasteiger partial charge in [0.2, 0.25) is 0 Å². The standard InChI is InChI=1S/C13H10N12O/c26-7(1-8(10-3-14-22-18-10)11-4-15-23-19-11)2-9(12-5-16-24-20-12)13-6-17-25-21-13/h1-6H,(H,14,18,22)(H,15,19,23)(H,16,20,24)(H,17,21,25). The van der Waals surface area contributed by atoms with Crippen LogP contribution in [0.3, 0.4) is 0 Å².